The Morgan fingerprint density at radius 1 is 0.943 bits per heavy atom. The average molecular weight is 476 g/mol. The Balaban J connectivity index is 1.97. The van der Waals surface area contributed by atoms with Crippen LogP contribution in [0.4, 0.5) is 15.8 Å². The zero-order valence-electron chi connectivity index (χ0n) is 21.1. The van der Waals surface area contributed by atoms with E-state index < -0.39 is 0 Å². The standard InChI is InChI=1S/C29H34FN3O2/c1-20(2)14-28(34)31-26-12-13-27(32(4)5)24(17-26)19-33(18-22-9-7-11-25(30)16-22)29(35)23-10-6-8-21(3)15-23/h6-13,15-17,20H,14,18-19H2,1-5H3,(H,31,34). The van der Waals surface area contributed by atoms with Crippen molar-refractivity contribution in [3.8, 4) is 0 Å². The molecule has 0 aromatic heterocycles. The first-order valence-corrected chi connectivity index (χ1v) is 11.8. The molecule has 0 saturated carbocycles. The second-order valence-corrected chi connectivity index (χ2v) is 9.54. The molecule has 0 radical (unpaired) electrons. The van der Waals surface area contributed by atoms with E-state index in [0.717, 1.165) is 16.8 Å². The van der Waals surface area contributed by atoms with E-state index in [1.54, 1.807) is 17.0 Å². The molecule has 35 heavy (non-hydrogen) atoms. The molecule has 0 spiro atoms. The maximum atomic E-state index is 13.9. The molecule has 3 aromatic carbocycles. The van der Waals surface area contributed by atoms with Gasteiger partial charge in [-0.2, -0.15) is 0 Å². The molecule has 2 amide bonds. The van der Waals surface area contributed by atoms with Crippen LogP contribution in [0.5, 0.6) is 0 Å². The van der Waals surface area contributed by atoms with Crippen molar-refractivity contribution in [3.63, 3.8) is 0 Å². The number of benzene rings is 3. The average Bonchev–Trinajstić information content (AvgIpc) is 2.77. The van der Waals surface area contributed by atoms with Crippen LogP contribution in [0.25, 0.3) is 0 Å². The van der Waals surface area contributed by atoms with Crippen LogP contribution in [0.3, 0.4) is 0 Å². The van der Waals surface area contributed by atoms with Gasteiger partial charge in [0.2, 0.25) is 5.91 Å². The topological polar surface area (TPSA) is 52.7 Å². The van der Waals surface area contributed by atoms with E-state index in [2.05, 4.69) is 5.32 Å². The highest BCUT2D eigenvalue weighted by Gasteiger charge is 2.20. The van der Waals surface area contributed by atoms with Crippen LogP contribution in [0, 0.1) is 18.7 Å². The minimum atomic E-state index is -0.339. The van der Waals surface area contributed by atoms with Gasteiger partial charge in [-0.05, 0) is 66.4 Å². The number of halogens is 1. The van der Waals surface area contributed by atoms with Crippen molar-refractivity contribution in [2.24, 2.45) is 5.92 Å². The van der Waals surface area contributed by atoms with Gasteiger partial charge >= 0.3 is 0 Å². The molecule has 0 aliphatic heterocycles. The number of carbonyl (C=O) groups is 2. The number of anilines is 2. The summed E-state index contributed by atoms with van der Waals surface area (Å²) in [4.78, 5) is 29.6. The second-order valence-electron chi connectivity index (χ2n) is 9.54. The predicted molar refractivity (Wildman–Crippen MR) is 140 cm³/mol. The smallest absolute Gasteiger partial charge is 0.254 e. The Kier molecular flexibility index (Phi) is 8.63. The summed E-state index contributed by atoms with van der Waals surface area (Å²) in [6, 6.07) is 19.5. The lowest BCUT2D eigenvalue weighted by molar-refractivity contribution is -0.116. The van der Waals surface area contributed by atoms with Crippen molar-refractivity contribution < 1.29 is 14.0 Å². The molecule has 184 valence electrons. The lowest BCUT2D eigenvalue weighted by atomic mass is 10.1. The largest absolute Gasteiger partial charge is 0.377 e. The van der Waals surface area contributed by atoms with Crippen LogP contribution in [0.15, 0.2) is 66.7 Å². The third-order valence-electron chi connectivity index (χ3n) is 5.61. The Bertz CT molecular complexity index is 1190. The number of nitrogens with one attached hydrogen (secondary N) is 1. The zero-order chi connectivity index (χ0) is 25.5. The third-order valence-corrected chi connectivity index (χ3v) is 5.61. The number of rotatable bonds is 9. The van der Waals surface area contributed by atoms with Gasteiger partial charge in [0.25, 0.3) is 5.91 Å². The SMILES string of the molecule is Cc1cccc(C(=O)N(Cc2cccc(F)c2)Cc2cc(NC(=O)CC(C)C)ccc2N(C)C)c1. The van der Waals surface area contributed by atoms with E-state index in [1.807, 2.05) is 82.2 Å². The molecule has 3 rings (SSSR count). The van der Waals surface area contributed by atoms with Gasteiger partial charge in [-0.3, -0.25) is 9.59 Å². The molecule has 0 aliphatic rings. The highest BCUT2D eigenvalue weighted by Crippen LogP contribution is 2.26. The fourth-order valence-electron chi connectivity index (χ4n) is 4.03. The van der Waals surface area contributed by atoms with Gasteiger partial charge in [-0.25, -0.2) is 4.39 Å². The zero-order valence-corrected chi connectivity index (χ0v) is 21.1. The Morgan fingerprint density at radius 2 is 1.69 bits per heavy atom. The summed E-state index contributed by atoms with van der Waals surface area (Å²) in [5.41, 5.74) is 4.78. The molecule has 1 N–H and O–H groups in total. The fraction of sp³-hybridized carbons (Fsp3) is 0.310. The monoisotopic (exact) mass is 475 g/mol. The van der Waals surface area contributed by atoms with Gasteiger partial charge in [0.05, 0.1) is 0 Å². The normalized spacial score (nSPS) is 10.8. The first-order valence-electron chi connectivity index (χ1n) is 11.8. The predicted octanol–water partition coefficient (Wildman–Crippen LogP) is 6.03. The van der Waals surface area contributed by atoms with Crippen LogP contribution < -0.4 is 10.2 Å². The molecule has 0 aliphatic carbocycles. The summed E-state index contributed by atoms with van der Waals surface area (Å²) in [5, 5.41) is 2.97. The summed E-state index contributed by atoms with van der Waals surface area (Å²) >= 11 is 0. The fourth-order valence-corrected chi connectivity index (χ4v) is 4.03. The van der Waals surface area contributed by atoms with E-state index in [1.165, 1.54) is 12.1 Å². The number of nitrogens with zero attached hydrogens (tertiary/aromatic N) is 2. The summed E-state index contributed by atoms with van der Waals surface area (Å²) in [5.74, 6) is -0.272. The van der Waals surface area contributed by atoms with Gasteiger partial charge in [-0.15, -0.1) is 0 Å². The molecule has 0 bridgehead atoms. The number of carbonyl (C=O) groups excluding carboxylic acids is 2. The molecular weight excluding hydrogens is 441 g/mol. The lowest BCUT2D eigenvalue weighted by Gasteiger charge is -2.27. The van der Waals surface area contributed by atoms with Crippen molar-refractivity contribution in [2.45, 2.75) is 40.3 Å². The van der Waals surface area contributed by atoms with Crippen molar-refractivity contribution in [1.82, 2.24) is 4.90 Å². The second kappa shape index (κ2) is 11.6. The number of amides is 2. The molecule has 0 saturated heterocycles. The number of hydrogen-bond donors (Lipinski definition) is 1. The maximum Gasteiger partial charge on any atom is 0.254 e. The molecular formula is C29H34FN3O2. The quantitative estimate of drug-likeness (QED) is 0.411. The van der Waals surface area contributed by atoms with E-state index >= 15 is 0 Å². The van der Waals surface area contributed by atoms with Crippen LogP contribution in [0.2, 0.25) is 0 Å². The van der Waals surface area contributed by atoms with Crippen molar-refractivity contribution in [3.05, 3.63) is 94.8 Å². The molecule has 5 nitrogen and oxygen atoms in total. The highest BCUT2D eigenvalue weighted by molar-refractivity contribution is 5.94. The molecule has 0 heterocycles. The van der Waals surface area contributed by atoms with Crippen LogP contribution in [-0.2, 0) is 17.9 Å². The highest BCUT2D eigenvalue weighted by atomic mass is 19.1. The molecule has 3 aromatic rings. The van der Waals surface area contributed by atoms with E-state index in [0.29, 0.717) is 29.8 Å². The van der Waals surface area contributed by atoms with Crippen LogP contribution in [0.1, 0.15) is 47.3 Å². The molecule has 0 unspecified atom stereocenters. The summed E-state index contributed by atoms with van der Waals surface area (Å²) < 4.78 is 13.9. The lowest BCUT2D eigenvalue weighted by Crippen LogP contribution is -2.31. The van der Waals surface area contributed by atoms with Gasteiger partial charge < -0.3 is 15.1 Å². The van der Waals surface area contributed by atoms with Crippen LogP contribution >= 0.6 is 0 Å². The van der Waals surface area contributed by atoms with E-state index in [-0.39, 0.29) is 30.1 Å². The number of hydrogen-bond acceptors (Lipinski definition) is 3. The number of aryl methyl sites for hydroxylation is 1. The van der Waals surface area contributed by atoms with Gasteiger partial charge in [0, 0.05) is 50.5 Å². The first-order chi connectivity index (χ1) is 16.6. The van der Waals surface area contributed by atoms with Crippen LogP contribution in [-0.4, -0.2) is 30.8 Å². The Labute approximate surface area is 207 Å². The van der Waals surface area contributed by atoms with E-state index in [9.17, 15) is 14.0 Å². The molecule has 0 atom stereocenters. The maximum absolute atomic E-state index is 13.9. The van der Waals surface area contributed by atoms with Crippen molar-refractivity contribution >= 4 is 23.2 Å². The Hall–Kier alpha value is -3.67. The minimum Gasteiger partial charge on any atom is -0.377 e. The first kappa shape index (κ1) is 25.9. The summed E-state index contributed by atoms with van der Waals surface area (Å²) in [6.45, 7) is 6.50. The van der Waals surface area contributed by atoms with Crippen molar-refractivity contribution in [2.75, 3.05) is 24.3 Å². The third kappa shape index (κ3) is 7.41. The molecule has 6 heteroatoms. The minimum absolute atomic E-state index is 0.0454. The molecule has 0 fully saturated rings. The summed E-state index contributed by atoms with van der Waals surface area (Å²) in [6.07, 6.45) is 0.433. The Morgan fingerprint density at radius 3 is 2.34 bits per heavy atom. The van der Waals surface area contributed by atoms with Gasteiger partial charge in [-0.1, -0.05) is 43.7 Å². The van der Waals surface area contributed by atoms with Gasteiger partial charge in [0.1, 0.15) is 5.82 Å². The summed E-state index contributed by atoms with van der Waals surface area (Å²) in [7, 11) is 3.88. The van der Waals surface area contributed by atoms with E-state index in [4.69, 9.17) is 0 Å². The van der Waals surface area contributed by atoms with Crippen molar-refractivity contribution in [1.29, 1.82) is 0 Å². The van der Waals surface area contributed by atoms with Gasteiger partial charge in [0.15, 0.2) is 0 Å².